The van der Waals surface area contributed by atoms with Gasteiger partial charge in [0.2, 0.25) is 11.7 Å². The zero-order valence-corrected chi connectivity index (χ0v) is 17.6. The highest BCUT2D eigenvalue weighted by molar-refractivity contribution is 6.30. The molecule has 0 aliphatic rings. The number of amides is 1. The molecule has 0 aliphatic heterocycles. The van der Waals surface area contributed by atoms with E-state index in [1.807, 2.05) is 0 Å². The first kappa shape index (κ1) is 22.4. The van der Waals surface area contributed by atoms with Gasteiger partial charge in [0.05, 0.1) is 6.42 Å². The molecule has 1 heterocycles. The summed E-state index contributed by atoms with van der Waals surface area (Å²) >= 11 is 5.86. The predicted octanol–water partition coefficient (Wildman–Crippen LogP) is 3.75. The van der Waals surface area contributed by atoms with Crippen LogP contribution in [0.5, 0.6) is 0 Å². The van der Waals surface area contributed by atoms with Gasteiger partial charge < -0.3 is 14.6 Å². The molecule has 0 saturated carbocycles. The molecule has 0 radical (unpaired) electrons. The highest BCUT2D eigenvalue weighted by atomic mass is 35.5. The average Bonchev–Trinajstić information content (AvgIpc) is 3.23. The topological polar surface area (TPSA) is 94.3 Å². The summed E-state index contributed by atoms with van der Waals surface area (Å²) in [5, 5.41) is 7.17. The van der Waals surface area contributed by atoms with E-state index in [1.165, 1.54) is 19.1 Å². The minimum atomic E-state index is -0.937. The quantitative estimate of drug-likeness (QED) is 0.504. The third kappa shape index (κ3) is 6.89. The number of halogens is 2. The van der Waals surface area contributed by atoms with E-state index in [0.717, 1.165) is 11.1 Å². The molecule has 0 bridgehead atoms. The molecule has 7 nitrogen and oxygen atoms in total. The molecule has 1 amide bonds. The van der Waals surface area contributed by atoms with E-state index in [0.29, 0.717) is 29.7 Å². The fourth-order valence-corrected chi connectivity index (χ4v) is 2.84. The summed E-state index contributed by atoms with van der Waals surface area (Å²) in [6.07, 6.45) is -0.207. The Morgan fingerprint density at radius 1 is 1.13 bits per heavy atom. The van der Waals surface area contributed by atoms with Crippen molar-refractivity contribution in [2.45, 2.75) is 32.3 Å². The van der Waals surface area contributed by atoms with Crippen molar-refractivity contribution in [2.24, 2.45) is 0 Å². The Kier molecular flexibility index (Phi) is 7.72. The molecule has 1 aromatic heterocycles. The summed E-state index contributed by atoms with van der Waals surface area (Å²) in [6, 6.07) is 13.0. The third-order valence-electron chi connectivity index (χ3n) is 4.42. The number of carbonyl (C=O) groups is 2. The molecule has 31 heavy (non-hydrogen) atoms. The molecule has 3 aromatic rings. The zero-order chi connectivity index (χ0) is 22.2. The van der Waals surface area contributed by atoms with Crippen molar-refractivity contribution in [3.05, 3.63) is 70.8 Å². The highest BCUT2D eigenvalue weighted by Crippen LogP contribution is 2.19. The SMILES string of the molecule is CC(OC(=O)CCc1nc(-c2ccc(Cl)cc2)no1)C(=O)NCCc1ccc(F)cc1. The molecule has 0 aliphatic carbocycles. The second-order valence-corrected chi connectivity index (χ2v) is 7.25. The first-order valence-corrected chi connectivity index (χ1v) is 10.1. The van der Waals surface area contributed by atoms with Gasteiger partial charge in [-0.05, 0) is 55.3 Å². The second-order valence-electron chi connectivity index (χ2n) is 6.82. The molecule has 3 rings (SSSR count). The number of carbonyl (C=O) groups excluding carboxylic acids is 2. The van der Waals surface area contributed by atoms with Gasteiger partial charge in [-0.25, -0.2) is 4.39 Å². The van der Waals surface area contributed by atoms with Crippen molar-refractivity contribution in [1.29, 1.82) is 0 Å². The largest absolute Gasteiger partial charge is 0.453 e. The van der Waals surface area contributed by atoms with Crippen molar-refractivity contribution < 1.29 is 23.2 Å². The van der Waals surface area contributed by atoms with Crippen molar-refractivity contribution in [3.8, 4) is 11.4 Å². The van der Waals surface area contributed by atoms with E-state index in [4.69, 9.17) is 20.9 Å². The van der Waals surface area contributed by atoms with Crippen molar-refractivity contribution in [2.75, 3.05) is 6.54 Å². The predicted molar refractivity (Wildman–Crippen MR) is 112 cm³/mol. The molecule has 162 valence electrons. The van der Waals surface area contributed by atoms with Crippen molar-refractivity contribution in [3.63, 3.8) is 0 Å². The first-order valence-electron chi connectivity index (χ1n) is 9.71. The number of ether oxygens (including phenoxy) is 1. The monoisotopic (exact) mass is 445 g/mol. The summed E-state index contributed by atoms with van der Waals surface area (Å²) in [4.78, 5) is 28.4. The summed E-state index contributed by atoms with van der Waals surface area (Å²) < 4.78 is 23.2. The van der Waals surface area contributed by atoms with Crippen LogP contribution in [0.15, 0.2) is 53.1 Å². The van der Waals surface area contributed by atoms with Gasteiger partial charge in [0, 0.05) is 23.6 Å². The van der Waals surface area contributed by atoms with Gasteiger partial charge in [-0.1, -0.05) is 28.9 Å². The van der Waals surface area contributed by atoms with Gasteiger partial charge in [-0.15, -0.1) is 0 Å². The van der Waals surface area contributed by atoms with Gasteiger partial charge in [0.25, 0.3) is 5.91 Å². The van der Waals surface area contributed by atoms with Gasteiger partial charge in [-0.3, -0.25) is 9.59 Å². The summed E-state index contributed by atoms with van der Waals surface area (Å²) in [7, 11) is 0. The number of rotatable bonds is 9. The van der Waals surface area contributed by atoms with E-state index < -0.39 is 18.0 Å². The third-order valence-corrected chi connectivity index (χ3v) is 4.67. The van der Waals surface area contributed by atoms with Crippen LogP contribution in [0.2, 0.25) is 5.02 Å². The molecule has 2 aromatic carbocycles. The highest BCUT2D eigenvalue weighted by Gasteiger charge is 2.18. The number of nitrogens with zero attached hydrogens (tertiary/aromatic N) is 2. The standard InChI is InChI=1S/C22H21ClFN3O4/c1-14(22(29)25-13-12-15-2-8-18(24)9-3-15)30-20(28)11-10-19-26-21(27-31-19)16-4-6-17(23)7-5-16/h2-9,14H,10-13H2,1H3,(H,25,29). The van der Waals surface area contributed by atoms with Crippen LogP contribution in [0, 0.1) is 5.82 Å². The fraction of sp³-hybridized carbons (Fsp3) is 0.273. The van der Waals surface area contributed by atoms with Gasteiger partial charge in [-0.2, -0.15) is 4.98 Å². The molecule has 1 unspecified atom stereocenters. The smallest absolute Gasteiger partial charge is 0.307 e. The number of hydrogen-bond acceptors (Lipinski definition) is 6. The molecule has 9 heteroatoms. The number of aromatic nitrogens is 2. The van der Waals surface area contributed by atoms with Crippen LogP contribution in [-0.2, 0) is 27.2 Å². The van der Waals surface area contributed by atoms with Crippen LogP contribution in [0.1, 0.15) is 24.8 Å². The van der Waals surface area contributed by atoms with Crippen LogP contribution < -0.4 is 5.32 Å². The lowest BCUT2D eigenvalue weighted by Crippen LogP contribution is -2.36. The Morgan fingerprint density at radius 3 is 2.55 bits per heavy atom. The minimum Gasteiger partial charge on any atom is -0.453 e. The van der Waals surface area contributed by atoms with Gasteiger partial charge >= 0.3 is 5.97 Å². The summed E-state index contributed by atoms with van der Waals surface area (Å²) in [6.45, 7) is 1.85. The van der Waals surface area contributed by atoms with E-state index in [1.54, 1.807) is 36.4 Å². The molecule has 1 N–H and O–H groups in total. The van der Waals surface area contributed by atoms with E-state index >= 15 is 0 Å². The Hall–Kier alpha value is -3.26. The lowest BCUT2D eigenvalue weighted by Gasteiger charge is -2.13. The van der Waals surface area contributed by atoms with Crippen LogP contribution in [0.25, 0.3) is 11.4 Å². The fourth-order valence-electron chi connectivity index (χ4n) is 2.72. The number of nitrogens with one attached hydrogen (secondary N) is 1. The molecular weight excluding hydrogens is 425 g/mol. The summed E-state index contributed by atoms with van der Waals surface area (Å²) in [5.74, 6) is -0.576. The number of esters is 1. The zero-order valence-electron chi connectivity index (χ0n) is 16.8. The Bertz CT molecular complexity index is 1020. The molecule has 1 atom stereocenters. The lowest BCUT2D eigenvalue weighted by atomic mass is 10.1. The van der Waals surface area contributed by atoms with Crippen LogP contribution in [0.4, 0.5) is 4.39 Å². The van der Waals surface area contributed by atoms with Crippen molar-refractivity contribution in [1.82, 2.24) is 15.5 Å². The van der Waals surface area contributed by atoms with Crippen LogP contribution >= 0.6 is 11.6 Å². The number of aryl methyl sites for hydroxylation is 1. The van der Waals surface area contributed by atoms with Crippen LogP contribution in [-0.4, -0.2) is 34.7 Å². The van der Waals surface area contributed by atoms with E-state index in [9.17, 15) is 14.0 Å². The number of hydrogen-bond donors (Lipinski definition) is 1. The Morgan fingerprint density at radius 2 is 1.84 bits per heavy atom. The maximum absolute atomic E-state index is 12.9. The van der Waals surface area contributed by atoms with Gasteiger partial charge in [0.15, 0.2) is 6.10 Å². The number of benzene rings is 2. The normalized spacial score (nSPS) is 11.7. The molecular formula is C22H21ClFN3O4. The lowest BCUT2D eigenvalue weighted by molar-refractivity contribution is -0.154. The molecule has 0 spiro atoms. The maximum Gasteiger partial charge on any atom is 0.307 e. The van der Waals surface area contributed by atoms with Crippen molar-refractivity contribution >= 4 is 23.5 Å². The summed E-state index contributed by atoms with van der Waals surface area (Å²) in [5.41, 5.74) is 1.64. The van der Waals surface area contributed by atoms with E-state index in [-0.39, 0.29) is 18.7 Å². The molecule has 0 fully saturated rings. The van der Waals surface area contributed by atoms with Gasteiger partial charge in [0.1, 0.15) is 5.82 Å². The Balaban J connectivity index is 1.39. The second kappa shape index (κ2) is 10.7. The van der Waals surface area contributed by atoms with E-state index in [2.05, 4.69) is 15.5 Å². The maximum atomic E-state index is 12.9. The Labute approximate surface area is 183 Å². The average molecular weight is 446 g/mol. The minimum absolute atomic E-state index is 0.00451. The first-order chi connectivity index (χ1) is 14.9. The van der Waals surface area contributed by atoms with Crippen LogP contribution in [0.3, 0.4) is 0 Å². The molecule has 0 saturated heterocycles.